The van der Waals surface area contributed by atoms with Crippen LogP contribution in [0.1, 0.15) is 31.0 Å². The molecule has 2 N–H and O–H groups in total. The highest BCUT2D eigenvalue weighted by Gasteiger charge is 2.32. The van der Waals surface area contributed by atoms with Gasteiger partial charge in [-0.15, -0.1) is 0 Å². The van der Waals surface area contributed by atoms with Gasteiger partial charge in [-0.2, -0.15) is 4.98 Å². The molecule has 0 unspecified atom stereocenters. The number of rotatable bonds is 6. The van der Waals surface area contributed by atoms with E-state index >= 15 is 0 Å². The predicted molar refractivity (Wildman–Crippen MR) is 63.3 cm³/mol. The standard InChI is InChI=1S/C11H16N4O4/c1-7-13-9(14-19-7)6-12-11(18)15(8-2-3-8)5-4-10(16)17/h8H,2-6H2,1H3,(H,12,18)(H,16,17). The molecular formula is C11H16N4O4. The zero-order chi connectivity index (χ0) is 13.8. The Hall–Kier alpha value is -2.12. The van der Waals surface area contributed by atoms with Crippen LogP contribution in [-0.2, 0) is 11.3 Å². The highest BCUT2D eigenvalue weighted by molar-refractivity contribution is 5.75. The minimum atomic E-state index is -0.910. The zero-order valence-corrected chi connectivity index (χ0v) is 10.6. The number of carbonyl (C=O) groups is 2. The summed E-state index contributed by atoms with van der Waals surface area (Å²) in [4.78, 5) is 28.0. The van der Waals surface area contributed by atoms with Gasteiger partial charge in [0.15, 0.2) is 5.82 Å². The molecule has 1 aromatic heterocycles. The van der Waals surface area contributed by atoms with E-state index in [4.69, 9.17) is 9.63 Å². The number of carboxylic acid groups (broad SMARTS) is 1. The molecule has 1 saturated carbocycles. The van der Waals surface area contributed by atoms with Gasteiger partial charge in [0.1, 0.15) is 0 Å². The maximum Gasteiger partial charge on any atom is 0.318 e. The van der Waals surface area contributed by atoms with Crippen molar-refractivity contribution < 1.29 is 19.2 Å². The first kappa shape index (κ1) is 13.3. The molecule has 0 saturated heterocycles. The van der Waals surface area contributed by atoms with Crippen LogP contribution in [0, 0.1) is 6.92 Å². The molecule has 2 rings (SSSR count). The van der Waals surface area contributed by atoms with Crippen molar-refractivity contribution in [3.8, 4) is 0 Å². The first-order valence-electron chi connectivity index (χ1n) is 6.11. The summed E-state index contributed by atoms with van der Waals surface area (Å²) in [6.45, 7) is 2.06. The SMILES string of the molecule is Cc1nc(CNC(=O)N(CCC(=O)O)C2CC2)no1. The van der Waals surface area contributed by atoms with E-state index in [-0.39, 0.29) is 31.6 Å². The van der Waals surface area contributed by atoms with E-state index in [9.17, 15) is 9.59 Å². The molecule has 2 amide bonds. The summed E-state index contributed by atoms with van der Waals surface area (Å²) in [5.41, 5.74) is 0. The topological polar surface area (TPSA) is 109 Å². The van der Waals surface area contributed by atoms with Gasteiger partial charge in [0.2, 0.25) is 5.89 Å². The molecule has 0 bridgehead atoms. The molecule has 1 aliphatic carbocycles. The van der Waals surface area contributed by atoms with Crippen LogP contribution < -0.4 is 5.32 Å². The lowest BCUT2D eigenvalue weighted by Gasteiger charge is -2.21. The van der Waals surface area contributed by atoms with Gasteiger partial charge in [0.05, 0.1) is 13.0 Å². The molecule has 1 aliphatic rings. The van der Waals surface area contributed by atoms with Crippen molar-refractivity contribution in [2.24, 2.45) is 0 Å². The quantitative estimate of drug-likeness (QED) is 0.778. The number of hydrogen-bond donors (Lipinski definition) is 2. The Morgan fingerprint density at radius 2 is 2.26 bits per heavy atom. The third kappa shape index (κ3) is 3.94. The average molecular weight is 268 g/mol. The predicted octanol–water partition coefficient (Wildman–Crippen LogP) is 0.527. The molecule has 0 aromatic carbocycles. The monoisotopic (exact) mass is 268 g/mol. The van der Waals surface area contributed by atoms with Gasteiger partial charge in [-0.25, -0.2) is 4.79 Å². The van der Waals surface area contributed by atoms with Crippen molar-refractivity contribution in [1.29, 1.82) is 0 Å². The van der Waals surface area contributed by atoms with Crippen LogP contribution in [0.3, 0.4) is 0 Å². The highest BCUT2D eigenvalue weighted by Crippen LogP contribution is 2.26. The Bertz CT molecular complexity index is 469. The van der Waals surface area contributed by atoms with E-state index in [2.05, 4.69) is 15.5 Å². The lowest BCUT2D eigenvalue weighted by atomic mass is 10.4. The highest BCUT2D eigenvalue weighted by atomic mass is 16.5. The first-order chi connectivity index (χ1) is 9.06. The smallest absolute Gasteiger partial charge is 0.318 e. The van der Waals surface area contributed by atoms with Crippen molar-refractivity contribution in [2.75, 3.05) is 6.54 Å². The summed E-state index contributed by atoms with van der Waals surface area (Å²) in [7, 11) is 0. The molecule has 0 atom stereocenters. The summed E-state index contributed by atoms with van der Waals surface area (Å²) >= 11 is 0. The fourth-order valence-corrected chi connectivity index (χ4v) is 1.72. The van der Waals surface area contributed by atoms with E-state index in [1.807, 2.05) is 0 Å². The lowest BCUT2D eigenvalue weighted by molar-refractivity contribution is -0.137. The molecule has 0 spiro atoms. The van der Waals surface area contributed by atoms with Crippen molar-refractivity contribution in [1.82, 2.24) is 20.4 Å². The summed E-state index contributed by atoms with van der Waals surface area (Å²) in [6.07, 6.45) is 1.80. The van der Waals surface area contributed by atoms with Crippen LogP contribution in [0.25, 0.3) is 0 Å². The Morgan fingerprint density at radius 1 is 1.53 bits per heavy atom. The lowest BCUT2D eigenvalue weighted by Crippen LogP contribution is -2.42. The number of hydrogen-bond acceptors (Lipinski definition) is 5. The first-order valence-corrected chi connectivity index (χ1v) is 6.11. The Kier molecular flexibility index (Phi) is 3.98. The van der Waals surface area contributed by atoms with Gasteiger partial charge >= 0.3 is 12.0 Å². The number of urea groups is 1. The number of carbonyl (C=O) groups excluding carboxylic acids is 1. The third-order valence-corrected chi connectivity index (χ3v) is 2.78. The zero-order valence-electron chi connectivity index (χ0n) is 10.6. The van der Waals surface area contributed by atoms with Gasteiger partial charge in [-0.05, 0) is 12.8 Å². The summed E-state index contributed by atoms with van der Waals surface area (Å²) in [5, 5.41) is 15.0. The Labute approximate surface area is 109 Å². The molecule has 0 radical (unpaired) electrons. The molecule has 1 fully saturated rings. The largest absolute Gasteiger partial charge is 0.481 e. The van der Waals surface area contributed by atoms with Crippen LogP contribution >= 0.6 is 0 Å². The van der Waals surface area contributed by atoms with Gasteiger partial charge in [0, 0.05) is 19.5 Å². The fraction of sp³-hybridized carbons (Fsp3) is 0.636. The minimum Gasteiger partial charge on any atom is -0.481 e. The van der Waals surface area contributed by atoms with Crippen LogP contribution in [0.2, 0.25) is 0 Å². The number of nitrogens with one attached hydrogen (secondary N) is 1. The summed E-state index contributed by atoms with van der Waals surface area (Å²) in [6, 6.07) is -0.127. The Balaban J connectivity index is 1.83. The summed E-state index contributed by atoms with van der Waals surface area (Å²) < 4.78 is 4.79. The second kappa shape index (κ2) is 5.68. The van der Waals surface area contributed by atoms with Gasteiger partial charge < -0.3 is 19.8 Å². The Morgan fingerprint density at radius 3 is 2.79 bits per heavy atom. The minimum absolute atomic E-state index is 0.0504. The molecule has 19 heavy (non-hydrogen) atoms. The third-order valence-electron chi connectivity index (χ3n) is 2.78. The van der Waals surface area contributed by atoms with E-state index in [0.29, 0.717) is 11.7 Å². The number of aliphatic carboxylic acids is 1. The van der Waals surface area contributed by atoms with Crippen LogP contribution in [0.5, 0.6) is 0 Å². The number of carboxylic acids is 1. The molecular weight excluding hydrogens is 252 g/mol. The van der Waals surface area contributed by atoms with Crippen molar-refractivity contribution in [3.63, 3.8) is 0 Å². The van der Waals surface area contributed by atoms with E-state index in [1.54, 1.807) is 11.8 Å². The average Bonchev–Trinajstić information content (AvgIpc) is 3.09. The second-order valence-electron chi connectivity index (χ2n) is 4.46. The van der Waals surface area contributed by atoms with E-state index < -0.39 is 5.97 Å². The maximum atomic E-state index is 12.0. The van der Waals surface area contributed by atoms with Crippen LogP contribution in [-0.4, -0.2) is 44.7 Å². The number of amides is 2. The van der Waals surface area contributed by atoms with Crippen molar-refractivity contribution in [2.45, 2.75) is 38.8 Å². The van der Waals surface area contributed by atoms with Crippen molar-refractivity contribution >= 4 is 12.0 Å². The van der Waals surface area contributed by atoms with E-state index in [1.165, 1.54) is 0 Å². The van der Waals surface area contributed by atoms with Crippen molar-refractivity contribution in [3.05, 3.63) is 11.7 Å². The normalized spacial score (nSPS) is 14.2. The maximum absolute atomic E-state index is 12.0. The number of aromatic nitrogens is 2. The van der Waals surface area contributed by atoms with Gasteiger partial charge in [0.25, 0.3) is 0 Å². The molecule has 8 nitrogen and oxygen atoms in total. The van der Waals surface area contributed by atoms with Gasteiger partial charge in [-0.1, -0.05) is 5.16 Å². The second-order valence-corrected chi connectivity index (χ2v) is 4.46. The number of aryl methyl sites for hydroxylation is 1. The van der Waals surface area contributed by atoms with Crippen LogP contribution in [0.4, 0.5) is 4.79 Å². The van der Waals surface area contributed by atoms with E-state index in [0.717, 1.165) is 12.8 Å². The van der Waals surface area contributed by atoms with Crippen LogP contribution in [0.15, 0.2) is 4.52 Å². The molecule has 104 valence electrons. The molecule has 1 aromatic rings. The molecule has 8 heteroatoms. The fourth-order valence-electron chi connectivity index (χ4n) is 1.72. The summed E-state index contributed by atoms with van der Waals surface area (Å²) in [5.74, 6) is -0.0683. The molecule has 1 heterocycles. The number of nitrogens with zero attached hydrogens (tertiary/aromatic N) is 3. The van der Waals surface area contributed by atoms with Gasteiger partial charge in [-0.3, -0.25) is 4.79 Å². The molecule has 0 aliphatic heterocycles.